The maximum absolute atomic E-state index is 12.5. The third kappa shape index (κ3) is 5.13. The number of benzene rings is 2. The lowest BCUT2D eigenvalue weighted by Crippen LogP contribution is -2.33. The summed E-state index contributed by atoms with van der Waals surface area (Å²) in [4.78, 5) is 24.9. The van der Waals surface area contributed by atoms with Gasteiger partial charge in [0, 0.05) is 19.2 Å². The van der Waals surface area contributed by atoms with Crippen molar-refractivity contribution in [2.75, 3.05) is 6.54 Å². The molecule has 1 heterocycles. The molecule has 1 amide bonds. The zero-order valence-electron chi connectivity index (χ0n) is 14.2. The van der Waals surface area contributed by atoms with Crippen molar-refractivity contribution in [2.24, 2.45) is 0 Å². The molecule has 0 unspecified atom stereocenters. The Morgan fingerprint density at radius 2 is 2.07 bits per heavy atom. The Balaban J connectivity index is 1.86. The van der Waals surface area contributed by atoms with E-state index in [9.17, 15) is 9.59 Å². The van der Waals surface area contributed by atoms with Crippen LogP contribution in [0.1, 0.15) is 11.1 Å². The fourth-order valence-electron chi connectivity index (χ4n) is 2.45. The number of amides is 1. The minimum atomic E-state index is -1.11. The summed E-state index contributed by atoms with van der Waals surface area (Å²) >= 11 is 11.9. The highest BCUT2D eigenvalue weighted by atomic mass is 127. The molecular formula is C19H13BrINO4S2. The Morgan fingerprint density at radius 3 is 2.79 bits per heavy atom. The molecule has 1 aliphatic rings. The predicted octanol–water partition coefficient (Wildman–Crippen LogP) is 4.92. The van der Waals surface area contributed by atoms with E-state index in [0.29, 0.717) is 22.8 Å². The van der Waals surface area contributed by atoms with Crippen LogP contribution in [0, 0.1) is 3.57 Å². The molecule has 0 atom stereocenters. The summed E-state index contributed by atoms with van der Waals surface area (Å²) in [7, 11) is 0. The van der Waals surface area contributed by atoms with Crippen molar-refractivity contribution in [2.45, 2.75) is 6.61 Å². The minimum absolute atomic E-state index is 0.231. The first kappa shape index (κ1) is 21.3. The molecule has 2 aromatic carbocycles. The molecule has 144 valence electrons. The molecule has 1 N–H and O–H groups in total. The lowest BCUT2D eigenvalue weighted by molar-refractivity contribution is -0.140. The number of halogens is 2. The van der Waals surface area contributed by atoms with E-state index in [1.54, 1.807) is 6.08 Å². The molecule has 1 fully saturated rings. The third-order valence-corrected chi connectivity index (χ3v) is 6.69. The normalized spacial score (nSPS) is 15.4. The number of carbonyl (C=O) groups is 2. The molecule has 1 saturated heterocycles. The monoisotopic (exact) mass is 589 g/mol. The predicted molar refractivity (Wildman–Crippen MR) is 125 cm³/mol. The van der Waals surface area contributed by atoms with Gasteiger partial charge in [-0.05, 0) is 52.9 Å². The number of nitrogens with zero attached hydrogens (tertiary/aromatic N) is 1. The zero-order valence-corrected chi connectivity index (χ0v) is 19.6. The van der Waals surface area contributed by atoms with Gasteiger partial charge >= 0.3 is 5.97 Å². The number of thioether (sulfide) groups is 1. The van der Waals surface area contributed by atoms with Gasteiger partial charge in [0.2, 0.25) is 0 Å². The van der Waals surface area contributed by atoms with E-state index >= 15 is 0 Å². The molecule has 0 saturated carbocycles. The van der Waals surface area contributed by atoms with Gasteiger partial charge in [-0.3, -0.25) is 14.5 Å². The van der Waals surface area contributed by atoms with Gasteiger partial charge in [-0.1, -0.05) is 58.1 Å². The van der Waals surface area contributed by atoms with E-state index in [4.69, 9.17) is 22.1 Å². The van der Waals surface area contributed by atoms with Crippen LogP contribution in [0.25, 0.3) is 6.08 Å². The fraction of sp³-hybridized carbons (Fsp3) is 0.105. The second-order valence-corrected chi connectivity index (χ2v) is 9.48. The summed E-state index contributed by atoms with van der Waals surface area (Å²) in [5.74, 6) is -0.909. The zero-order chi connectivity index (χ0) is 20.3. The molecule has 0 radical (unpaired) electrons. The first-order valence-electron chi connectivity index (χ1n) is 7.98. The quantitative estimate of drug-likeness (QED) is 0.293. The van der Waals surface area contributed by atoms with Crippen molar-refractivity contribution in [3.05, 3.63) is 66.5 Å². The summed E-state index contributed by atoms with van der Waals surface area (Å²) < 4.78 is 8.16. The van der Waals surface area contributed by atoms with Crippen LogP contribution in [-0.2, 0) is 16.2 Å². The molecule has 9 heteroatoms. The van der Waals surface area contributed by atoms with E-state index in [-0.39, 0.29) is 4.32 Å². The Hall–Kier alpha value is -1.43. The van der Waals surface area contributed by atoms with Crippen molar-refractivity contribution in [3.8, 4) is 5.75 Å². The van der Waals surface area contributed by atoms with Crippen LogP contribution in [0.3, 0.4) is 0 Å². The van der Waals surface area contributed by atoms with E-state index < -0.39 is 18.4 Å². The Kier molecular flexibility index (Phi) is 7.13. The lowest BCUT2D eigenvalue weighted by atomic mass is 10.1. The largest absolute Gasteiger partial charge is 0.488 e. The smallest absolute Gasteiger partial charge is 0.323 e. The summed E-state index contributed by atoms with van der Waals surface area (Å²) in [6.07, 6.45) is 1.68. The van der Waals surface area contributed by atoms with Crippen LogP contribution >= 0.6 is 62.5 Å². The summed E-state index contributed by atoms with van der Waals surface area (Å²) in [5, 5.41) is 8.96. The number of carboxylic acids is 1. The van der Waals surface area contributed by atoms with Crippen LogP contribution in [0.4, 0.5) is 0 Å². The van der Waals surface area contributed by atoms with Crippen molar-refractivity contribution in [1.29, 1.82) is 0 Å². The SMILES string of the molecule is O=C(O)CN1C(=O)C(=Cc2cc(Br)ccc2OCc2ccccc2I)SC1=S. The molecule has 3 rings (SSSR count). The molecule has 0 spiro atoms. The molecule has 2 aromatic rings. The van der Waals surface area contributed by atoms with Crippen molar-refractivity contribution >= 4 is 84.8 Å². The Bertz CT molecular complexity index is 996. The highest BCUT2D eigenvalue weighted by Crippen LogP contribution is 2.35. The average Bonchev–Trinajstić information content (AvgIpc) is 2.89. The van der Waals surface area contributed by atoms with E-state index in [0.717, 1.165) is 30.3 Å². The van der Waals surface area contributed by atoms with Gasteiger partial charge in [0.15, 0.2) is 0 Å². The fourth-order valence-corrected chi connectivity index (χ4v) is 4.62. The Labute approximate surface area is 193 Å². The topological polar surface area (TPSA) is 66.8 Å². The number of carbonyl (C=O) groups excluding carboxylic acids is 1. The molecular weight excluding hydrogens is 577 g/mol. The lowest BCUT2D eigenvalue weighted by Gasteiger charge is -2.12. The number of hydrogen-bond acceptors (Lipinski definition) is 5. The van der Waals surface area contributed by atoms with Gasteiger partial charge < -0.3 is 9.84 Å². The maximum atomic E-state index is 12.5. The van der Waals surface area contributed by atoms with Gasteiger partial charge in [0.05, 0.1) is 4.91 Å². The van der Waals surface area contributed by atoms with Crippen LogP contribution < -0.4 is 4.74 Å². The standard InChI is InChI=1S/C19H13BrINO4S2/c20-13-5-6-15(26-10-11-3-1-2-4-14(11)21)12(7-13)8-16-18(25)22(9-17(23)24)19(27)28-16/h1-8H,9-10H2,(H,23,24). The highest BCUT2D eigenvalue weighted by molar-refractivity contribution is 14.1. The maximum Gasteiger partial charge on any atom is 0.323 e. The van der Waals surface area contributed by atoms with E-state index in [2.05, 4.69) is 38.5 Å². The minimum Gasteiger partial charge on any atom is -0.488 e. The van der Waals surface area contributed by atoms with Crippen LogP contribution in [-0.4, -0.2) is 32.7 Å². The second kappa shape index (κ2) is 9.38. The first-order valence-corrected chi connectivity index (χ1v) is 11.1. The molecule has 1 aliphatic heterocycles. The molecule has 0 bridgehead atoms. The van der Waals surface area contributed by atoms with Gasteiger partial charge in [-0.2, -0.15) is 0 Å². The summed E-state index contributed by atoms with van der Waals surface area (Å²) in [6, 6.07) is 13.5. The molecule has 0 aromatic heterocycles. The molecule has 5 nitrogen and oxygen atoms in total. The van der Waals surface area contributed by atoms with Crippen LogP contribution in [0.5, 0.6) is 5.75 Å². The van der Waals surface area contributed by atoms with Gasteiger partial charge in [0.25, 0.3) is 5.91 Å². The third-order valence-electron chi connectivity index (χ3n) is 3.77. The number of rotatable bonds is 6. The number of thiocarbonyl (C=S) groups is 1. The van der Waals surface area contributed by atoms with Crippen LogP contribution in [0.2, 0.25) is 0 Å². The van der Waals surface area contributed by atoms with Crippen molar-refractivity contribution in [3.63, 3.8) is 0 Å². The van der Waals surface area contributed by atoms with Gasteiger partial charge in [-0.25, -0.2) is 0 Å². The molecule has 0 aliphatic carbocycles. The highest BCUT2D eigenvalue weighted by Gasteiger charge is 2.33. The van der Waals surface area contributed by atoms with E-state index in [1.807, 2.05) is 42.5 Å². The first-order chi connectivity index (χ1) is 13.3. The van der Waals surface area contributed by atoms with Gasteiger partial charge in [0.1, 0.15) is 23.2 Å². The summed E-state index contributed by atoms with van der Waals surface area (Å²) in [6.45, 7) is -0.0577. The van der Waals surface area contributed by atoms with Crippen LogP contribution in [0.15, 0.2) is 51.8 Å². The van der Waals surface area contributed by atoms with Gasteiger partial charge in [-0.15, -0.1) is 0 Å². The Morgan fingerprint density at radius 1 is 1.32 bits per heavy atom. The number of hydrogen-bond donors (Lipinski definition) is 1. The average molecular weight is 590 g/mol. The van der Waals surface area contributed by atoms with E-state index in [1.165, 1.54) is 0 Å². The number of aliphatic carboxylic acids is 1. The van der Waals surface area contributed by atoms with Crippen molar-refractivity contribution in [1.82, 2.24) is 4.90 Å². The van der Waals surface area contributed by atoms with Crippen molar-refractivity contribution < 1.29 is 19.4 Å². The molecule has 28 heavy (non-hydrogen) atoms. The summed E-state index contributed by atoms with van der Waals surface area (Å²) in [5.41, 5.74) is 1.76. The second-order valence-electron chi connectivity index (χ2n) is 5.72. The number of ether oxygens (including phenoxy) is 1. The number of carboxylic acid groups (broad SMARTS) is 1.